The minimum atomic E-state index is 0.697. The van der Waals surface area contributed by atoms with Crippen LogP contribution in [0.5, 0.6) is 0 Å². The molecule has 0 atom stereocenters. The second kappa shape index (κ2) is 5.92. The lowest BCUT2D eigenvalue weighted by molar-refractivity contribution is 1.12. The fraction of sp³-hybridized carbons (Fsp3) is 0.188. The minimum Gasteiger partial charge on any atom is -0.381 e. The van der Waals surface area contributed by atoms with Gasteiger partial charge in [-0.05, 0) is 42.0 Å². The molecule has 2 aromatic carbocycles. The van der Waals surface area contributed by atoms with Crippen LogP contribution in [-0.4, -0.2) is 14.1 Å². The highest BCUT2D eigenvalue weighted by Crippen LogP contribution is 2.16. The van der Waals surface area contributed by atoms with Crippen LogP contribution in [0.1, 0.15) is 11.1 Å². The summed E-state index contributed by atoms with van der Waals surface area (Å²) >= 11 is 0. The van der Waals surface area contributed by atoms with E-state index in [2.05, 4.69) is 40.6 Å². The molecule has 19 heavy (non-hydrogen) atoms. The van der Waals surface area contributed by atoms with Crippen LogP contribution in [0, 0.1) is 11.3 Å². The maximum atomic E-state index is 8.85. The van der Waals surface area contributed by atoms with Gasteiger partial charge in [-0.1, -0.05) is 12.1 Å². The SMILES string of the molecule is CN(C)c1ccc(NCc2cccc(C#N)c2)cc1. The Morgan fingerprint density at radius 3 is 2.47 bits per heavy atom. The normalized spacial score (nSPS) is 9.74. The molecule has 3 heteroatoms. The molecule has 0 saturated heterocycles. The van der Waals surface area contributed by atoms with E-state index in [1.807, 2.05) is 38.4 Å². The van der Waals surface area contributed by atoms with Crippen molar-refractivity contribution in [3.63, 3.8) is 0 Å². The van der Waals surface area contributed by atoms with Crippen molar-refractivity contribution in [3.8, 4) is 6.07 Å². The van der Waals surface area contributed by atoms with E-state index in [0.29, 0.717) is 5.56 Å². The highest BCUT2D eigenvalue weighted by atomic mass is 15.1. The molecule has 3 nitrogen and oxygen atoms in total. The van der Waals surface area contributed by atoms with Crippen molar-refractivity contribution >= 4 is 11.4 Å². The number of benzene rings is 2. The predicted octanol–water partition coefficient (Wildman–Crippen LogP) is 3.24. The molecule has 96 valence electrons. The van der Waals surface area contributed by atoms with E-state index in [1.54, 1.807) is 0 Å². The zero-order chi connectivity index (χ0) is 13.7. The number of nitrogens with one attached hydrogen (secondary N) is 1. The summed E-state index contributed by atoms with van der Waals surface area (Å²) in [5.41, 5.74) is 4.06. The maximum absolute atomic E-state index is 8.85. The molecule has 0 aliphatic rings. The molecule has 0 aromatic heterocycles. The van der Waals surface area contributed by atoms with E-state index in [-0.39, 0.29) is 0 Å². The van der Waals surface area contributed by atoms with Crippen LogP contribution in [-0.2, 0) is 6.54 Å². The number of nitrogens with zero attached hydrogens (tertiary/aromatic N) is 2. The maximum Gasteiger partial charge on any atom is 0.0991 e. The van der Waals surface area contributed by atoms with Crippen molar-refractivity contribution in [1.29, 1.82) is 5.26 Å². The van der Waals surface area contributed by atoms with Crippen molar-refractivity contribution in [2.45, 2.75) is 6.54 Å². The van der Waals surface area contributed by atoms with E-state index < -0.39 is 0 Å². The van der Waals surface area contributed by atoms with Gasteiger partial charge in [-0.2, -0.15) is 5.26 Å². The summed E-state index contributed by atoms with van der Waals surface area (Å²) in [7, 11) is 4.05. The zero-order valence-corrected chi connectivity index (χ0v) is 11.2. The zero-order valence-electron chi connectivity index (χ0n) is 11.2. The highest BCUT2D eigenvalue weighted by Gasteiger charge is 1.98. The molecule has 2 rings (SSSR count). The summed E-state index contributed by atoms with van der Waals surface area (Å²) in [5.74, 6) is 0. The molecule has 0 saturated carbocycles. The number of anilines is 2. The summed E-state index contributed by atoms with van der Waals surface area (Å²) in [6, 6.07) is 18.1. The first-order valence-electron chi connectivity index (χ1n) is 6.19. The third kappa shape index (κ3) is 3.49. The lowest BCUT2D eigenvalue weighted by Gasteiger charge is -2.13. The quantitative estimate of drug-likeness (QED) is 0.906. The molecular formula is C16H17N3. The molecule has 1 N–H and O–H groups in total. The molecular weight excluding hydrogens is 234 g/mol. The van der Waals surface area contributed by atoms with E-state index in [9.17, 15) is 0 Å². The van der Waals surface area contributed by atoms with Crippen molar-refractivity contribution in [1.82, 2.24) is 0 Å². The average Bonchev–Trinajstić information content (AvgIpc) is 2.46. The van der Waals surface area contributed by atoms with Crippen LogP contribution in [0.4, 0.5) is 11.4 Å². The molecule has 0 amide bonds. The van der Waals surface area contributed by atoms with Gasteiger partial charge in [-0.15, -0.1) is 0 Å². The van der Waals surface area contributed by atoms with Crippen molar-refractivity contribution in [2.75, 3.05) is 24.3 Å². The van der Waals surface area contributed by atoms with Gasteiger partial charge in [0.15, 0.2) is 0 Å². The minimum absolute atomic E-state index is 0.697. The van der Waals surface area contributed by atoms with Gasteiger partial charge in [-0.25, -0.2) is 0 Å². The summed E-state index contributed by atoms with van der Waals surface area (Å²) in [4.78, 5) is 2.07. The molecule has 2 aromatic rings. The Kier molecular flexibility index (Phi) is 4.04. The Bertz CT molecular complexity index is 580. The fourth-order valence-corrected chi connectivity index (χ4v) is 1.83. The molecule has 0 fully saturated rings. The average molecular weight is 251 g/mol. The second-order valence-corrected chi connectivity index (χ2v) is 4.61. The smallest absolute Gasteiger partial charge is 0.0991 e. The monoisotopic (exact) mass is 251 g/mol. The van der Waals surface area contributed by atoms with Gasteiger partial charge in [-0.3, -0.25) is 0 Å². The third-order valence-corrected chi connectivity index (χ3v) is 2.94. The van der Waals surface area contributed by atoms with Gasteiger partial charge in [0.25, 0.3) is 0 Å². The van der Waals surface area contributed by atoms with Gasteiger partial charge in [0.2, 0.25) is 0 Å². The Balaban J connectivity index is 2.00. The molecule has 0 aliphatic heterocycles. The lowest BCUT2D eigenvalue weighted by Crippen LogP contribution is -2.08. The van der Waals surface area contributed by atoms with Crippen molar-refractivity contribution < 1.29 is 0 Å². The number of hydrogen-bond donors (Lipinski definition) is 1. The molecule has 0 bridgehead atoms. The van der Waals surface area contributed by atoms with Crippen LogP contribution >= 0.6 is 0 Å². The topological polar surface area (TPSA) is 39.1 Å². The van der Waals surface area contributed by atoms with Crippen molar-refractivity contribution in [3.05, 3.63) is 59.7 Å². The largest absolute Gasteiger partial charge is 0.381 e. The Morgan fingerprint density at radius 1 is 1.11 bits per heavy atom. The summed E-state index contributed by atoms with van der Waals surface area (Å²) in [5, 5.41) is 12.2. The molecule has 0 unspecified atom stereocenters. The Morgan fingerprint density at radius 2 is 1.84 bits per heavy atom. The first-order valence-corrected chi connectivity index (χ1v) is 6.19. The van der Waals surface area contributed by atoms with Crippen molar-refractivity contribution in [2.24, 2.45) is 0 Å². The standard InChI is InChI=1S/C16H17N3/c1-19(2)16-8-6-15(7-9-16)18-12-14-5-3-4-13(10-14)11-17/h3-10,18H,12H2,1-2H3. The highest BCUT2D eigenvalue weighted by molar-refractivity contribution is 5.54. The Hall–Kier alpha value is -2.47. The van der Waals surface area contributed by atoms with Crippen LogP contribution in [0.3, 0.4) is 0 Å². The first kappa shape index (κ1) is 13.0. The Labute approximate surface area is 114 Å². The van der Waals surface area contributed by atoms with Crippen LogP contribution in [0.25, 0.3) is 0 Å². The first-order chi connectivity index (χ1) is 9.19. The number of rotatable bonds is 4. The van der Waals surface area contributed by atoms with Crippen LogP contribution < -0.4 is 10.2 Å². The summed E-state index contributed by atoms with van der Waals surface area (Å²) in [6.07, 6.45) is 0. The molecule has 0 aliphatic carbocycles. The molecule has 0 spiro atoms. The molecule has 0 heterocycles. The van der Waals surface area contributed by atoms with E-state index >= 15 is 0 Å². The summed E-state index contributed by atoms with van der Waals surface area (Å²) < 4.78 is 0. The van der Waals surface area contributed by atoms with Gasteiger partial charge in [0.1, 0.15) is 0 Å². The van der Waals surface area contributed by atoms with Gasteiger partial charge < -0.3 is 10.2 Å². The van der Waals surface area contributed by atoms with Crippen LogP contribution in [0.15, 0.2) is 48.5 Å². The molecule has 0 radical (unpaired) electrons. The fourth-order valence-electron chi connectivity index (χ4n) is 1.83. The number of hydrogen-bond acceptors (Lipinski definition) is 3. The third-order valence-electron chi connectivity index (χ3n) is 2.94. The van der Waals surface area contributed by atoms with Gasteiger partial charge in [0.05, 0.1) is 11.6 Å². The lowest BCUT2D eigenvalue weighted by atomic mass is 10.1. The van der Waals surface area contributed by atoms with Gasteiger partial charge >= 0.3 is 0 Å². The van der Waals surface area contributed by atoms with E-state index in [0.717, 1.165) is 17.8 Å². The summed E-state index contributed by atoms with van der Waals surface area (Å²) in [6.45, 7) is 0.719. The number of nitriles is 1. The van der Waals surface area contributed by atoms with Gasteiger partial charge in [0, 0.05) is 32.0 Å². The predicted molar refractivity (Wildman–Crippen MR) is 79.3 cm³/mol. The van der Waals surface area contributed by atoms with Crippen LogP contribution in [0.2, 0.25) is 0 Å². The van der Waals surface area contributed by atoms with E-state index in [4.69, 9.17) is 5.26 Å². The second-order valence-electron chi connectivity index (χ2n) is 4.61. The van der Waals surface area contributed by atoms with E-state index in [1.165, 1.54) is 5.69 Å².